The van der Waals surface area contributed by atoms with Gasteiger partial charge >= 0.3 is 5.97 Å². The van der Waals surface area contributed by atoms with Gasteiger partial charge in [0.15, 0.2) is 5.70 Å². The summed E-state index contributed by atoms with van der Waals surface area (Å²) in [6, 6.07) is 14.6. The maximum Gasteiger partial charge on any atom is 0.363 e. The van der Waals surface area contributed by atoms with Crippen LogP contribution in [0.15, 0.2) is 70.1 Å². The summed E-state index contributed by atoms with van der Waals surface area (Å²) in [5.41, 5.74) is 4.42. The standard InChI is InChI=1S/C21H16N2O4S/c1-25-18-4-2-3-15(10-18)20-23-19(21(24)27-20)9-14-5-7-17(8-6-14)26-11-16-12-28-13-22-16/h2-10,12-13H,11H2,1H3/b19-9-. The van der Waals surface area contributed by atoms with Crippen LogP contribution >= 0.6 is 11.3 Å². The molecule has 140 valence electrons. The van der Waals surface area contributed by atoms with Crippen molar-refractivity contribution in [1.29, 1.82) is 0 Å². The monoisotopic (exact) mass is 392 g/mol. The first kappa shape index (κ1) is 17.9. The number of hydrogen-bond acceptors (Lipinski definition) is 7. The minimum atomic E-state index is -0.485. The first-order chi connectivity index (χ1) is 13.7. The molecule has 0 aliphatic carbocycles. The number of hydrogen-bond donors (Lipinski definition) is 0. The lowest BCUT2D eigenvalue weighted by atomic mass is 10.2. The molecule has 0 fully saturated rings. The third-order valence-corrected chi connectivity index (χ3v) is 4.63. The van der Waals surface area contributed by atoms with E-state index in [2.05, 4.69) is 9.98 Å². The molecule has 6 nitrogen and oxygen atoms in total. The Balaban J connectivity index is 1.48. The molecule has 0 atom stereocenters. The van der Waals surface area contributed by atoms with Crippen LogP contribution in [0.3, 0.4) is 0 Å². The van der Waals surface area contributed by atoms with Crippen LogP contribution in [-0.4, -0.2) is 24.0 Å². The number of benzene rings is 2. The summed E-state index contributed by atoms with van der Waals surface area (Å²) in [6.45, 7) is 0.421. The Kier molecular flexibility index (Phi) is 5.16. The molecule has 0 unspecified atom stereocenters. The van der Waals surface area contributed by atoms with E-state index in [-0.39, 0.29) is 11.6 Å². The van der Waals surface area contributed by atoms with E-state index in [9.17, 15) is 4.79 Å². The lowest BCUT2D eigenvalue weighted by Crippen LogP contribution is -2.05. The van der Waals surface area contributed by atoms with Crippen LogP contribution in [0, 0.1) is 0 Å². The van der Waals surface area contributed by atoms with E-state index in [1.54, 1.807) is 24.8 Å². The van der Waals surface area contributed by atoms with E-state index in [4.69, 9.17) is 14.2 Å². The van der Waals surface area contributed by atoms with E-state index in [1.165, 1.54) is 11.3 Å². The van der Waals surface area contributed by atoms with Gasteiger partial charge in [-0.15, -0.1) is 11.3 Å². The molecule has 4 rings (SSSR count). The SMILES string of the molecule is COc1cccc(C2=N/C(=C\c3ccc(OCc4cscn4)cc3)C(=O)O2)c1. The van der Waals surface area contributed by atoms with Crippen LogP contribution in [0.5, 0.6) is 11.5 Å². The average Bonchev–Trinajstić information content (AvgIpc) is 3.38. The largest absolute Gasteiger partial charge is 0.497 e. The summed E-state index contributed by atoms with van der Waals surface area (Å²) in [5, 5.41) is 1.95. The molecule has 1 aliphatic rings. The van der Waals surface area contributed by atoms with E-state index in [0.29, 0.717) is 17.9 Å². The van der Waals surface area contributed by atoms with E-state index in [1.807, 2.05) is 47.8 Å². The first-order valence-electron chi connectivity index (χ1n) is 8.48. The molecule has 28 heavy (non-hydrogen) atoms. The zero-order valence-electron chi connectivity index (χ0n) is 15.0. The van der Waals surface area contributed by atoms with Crippen molar-refractivity contribution in [2.24, 2.45) is 4.99 Å². The molecule has 0 amide bonds. The van der Waals surface area contributed by atoms with Crippen LogP contribution in [0.25, 0.3) is 6.08 Å². The third kappa shape index (κ3) is 4.10. The molecule has 0 spiro atoms. The van der Waals surface area contributed by atoms with Gasteiger partial charge in [-0.05, 0) is 42.0 Å². The number of rotatable bonds is 6. The van der Waals surface area contributed by atoms with Crippen molar-refractivity contribution in [1.82, 2.24) is 4.98 Å². The highest BCUT2D eigenvalue weighted by Crippen LogP contribution is 2.22. The minimum Gasteiger partial charge on any atom is -0.497 e. The molecular weight excluding hydrogens is 376 g/mol. The molecule has 1 aliphatic heterocycles. The van der Waals surface area contributed by atoms with Crippen LogP contribution in [-0.2, 0) is 16.1 Å². The van der Waals surface area contributed by atoms with Crippen LogP contribution in [0.4, 0.5) is 0 Å². The molecule has 2 heterocycles. The lowest BCUT2D eigenvalue weighted by molar-refractivity contribution is -0.129. The second kappa shape index (κ2) is 8.06. The van der Waals surface area contributed by atoms with Gasteiger partial charge in [0.25, 0.3) is 0 Å². The highest BCUT2D eigenvalue weighted by atomic mass is 32.1. The van der Waals surface area contributed by atoms with Crippen LogP contribution < -0.4 is 9.47 Å². The molecule has 0 radical (unpaired) electrons. The molecule has 1 aromatic heterocycles. The molecule has 2 aromatic carbocycles. The molecule has 7 heteroatoms. The summed E-state index contributed by atoms with van der Waals surface area (Å²) in [6.07, 6.45) is 1.68. The Hall–Kier alpha value is -3.45. The second-order valence-corrected chi connectivity index (χ2v) is 6.62. The normalized spacial score (nSPS) is 14.7. The number of carbonyl (C=O) groups excluding carboxylic acids is 1. The molecule has 0 bridgehead atoms. The van der Waals surface area contributed by atoms with Crippen LogP contribution in [0.1, 0.15) is 16.8 Å². The number of ether oxygens (including phenoxy) is 3. The Labute approximate surface area is 165 Å². The number of cyclic esters (lactones) is 1. The fourth-order valence-corrected chi connectivity index (χ4v) is 3.12. The van der Waals surface area contributed by atoms with Crippen molar-refractivity contribution < 1.29 is 19.0 Å². The van der Waals surface area contributed by atoms with Gasteiger partial charge in [0.2, 0.25) is 5.90 Å². The van der Waals surface area contributed by atoms with Crippen molar-refractivity contribution in [3.05, 3.63) is 81.9 Å². The summed E-state index contributed by atoms with van der Waals surface area (Å²) in [7, 11) is 1.58. The predicted molar refractivity (Wildman–Crippen MR) is 106 cm³/mol. The summed E-state index contributed by atoms with van der Waals surface area (Å²) in [5.74, 6) is 1.17. The number of thiazole rings is 1. The zero-order valence-corrected chi connectivity index (χ0v) is 15.8. The highest BCUT2D eigenvalue weighted by molar-refractivity contribution is 7.07. The number of nitrogens with zero attached hydrogens (tertiary/aromatic N) is 2. The summed E-state index contributed by atoms with van der Waals surface area (Å²) in [4.78, 5) is 20.6. The number of aliphatic imine (C=N–C) groups is 1. The summed E-state index contributed by atoms with van der Waals surface area (Å²) < 4.78 is 16.2. The highest BCUT2D eigenvalue weighted by Gasteiger charge is 2.24. The van der Waals surface area contributed by atoms with Crippen molar-refractivity contribution >= 4 is 29.3 Å². The Morgan fingerprint density at radius 1 is 1.14 bits per heavy atom. The van der Waals surface area contributed by atoms with Crippen molar-refractivity contribution in [2.45, 2.75) is 6.61 Å². The predicted octanol–water partition coefficient (Wildman–Crippen LogP) is 4.08. The van der Waals surface area contributed by atoms with Gasteiger partial charge in [-0.1, -0.05) is 18.2 Å². The minimum absolute atomic E-state index is 0.244. The van der Waals surface area contributed by atoms with Crippen molar-refractivity contribution in [2.75, 3.05) is 7.11 Å². The number of aromatic nitrogens is 1. The first-order valence-corrected chi connectivity index (χ1v) is 9.42. The van der Waals surface area contributed by atoms with Gasteiger partial charge in [0.05, 0.1) is 18.3 Å². The van der Waals surface area contributed by atoms with Gasteiger partial charge < -0.3 is 14.2 Å². The number of esters is 1. The topological polar surface area (TPSA) is 70.0 Å². The van der Waals surface area contributed by atoms with Gasteiger partial charge in [-0.25, -0.2) is 14.8 Å². The molecule has 0 saturated carbocycles. The van der Waals surface area contributed by atoms with Gasteiger partial charge in [0.1, 0.15) is 18.1 Å². The van der Waals surface area contributed by atoms with Gasteiger partial charge in [-0.2, -0.15) is 0 Å². The molecule has 3 aromatic rings. The van der Waals surface area contributed by atoms with E-state index >= 15 is 0 Å². The van der Waals surface area contributed by atoms with Gasteiger partial charge in [0, 0.05) is 10.9 Å². The maximum absolute atomic E-state index is 12.2. The Bertz CT molecular complexity index is 1040. The van der Waals surface area contributed by atoms with Crippen molar-refractivity contribution in [3.8, 4) is 11.5 Å². The fourth-order valence-electron chi connectivity index (χ4n) is 2.57. The smallest absolute Gasteiger partial charge is 0.363 e. The van der Waals surface area contributed by atoms with Crippen LogP contribution in [0.2, 0.25) is 0 Å². The number of methoxy groups -OCH3 is 1. The maximum atomic E-state index is 12.2. The van der Waals surface area contributed by atoms with Gasteiger partial charge in [-0.3, -0.25) is 0 Å². The Morgan fingerprint density at radius 2 is 2.00 bits per heavy atom. The summed E-state index contributed by atoms with van der Waals surface area (Å²) >= 11 is 1.53. The van der Waals surface area contributed by atoms with E-state index < -0.39 is 5.97 Å². The molecule has 0 N–H and O–H groups in total. The Morgan fingerprint density at radius 3 is 2.75 bits per heavy atom. The fraction of sp³-hybridized carbons (Fsp3) is 0.0952. The third-order valence-electron chi connectivity index (χ3n) is 3.99. The zero-order chi connectivity index (χ0) is 19.3. The number of carbonyl (C=O) groups is 1. The molecular formula is C21H16N2O4S. The lowest BCUT2D eigenvalue weighted by Gasteiger charge is -2.04. The van der Waals surface area contributed by atoms with Crippen molar-refractivity contribution in [3.63, 3.8) is 0 Å². The second-order valence-electron chi connectivity index (χ2n) is 5.91. The quantitative estimate of drug-likeness (QED) is 0.467. The molecule has 0 saturated heterocycles. The van der Waals surface area contributed by atoms with E-state index in [0.717, 1.165) is 17.0 Å². The average molecular weight is 392 g/mol.